The SMILES string of the molecule is O=C(CNCCC1=CCCCC1)Nc1ccc(OCCOc2ccccc2)cc1. The molecule has 3 rings (SSSR count). The smallest absolute Gasteiger partial charge is 0.238 e. The molecule has 0 heterocycles. The highest BCUT2D eigenvalue weighted by molar-refractivity contribution is 5.92. The Labute approximate surface area is 173 Å². The molecule has 154 valence electrons. The first-order chi connectivity index (χ1) is 14.3. The van der Waals surface area contributed by atoms with E-state index in [-0.39, 0.29) is 5.91 Å². The number of benzene rings is 2. The summed E-state index contributed by atoms with van der Waals surface area (Å²) in [6.07, 6.45) is 8.41. The second-order valence-corrected chi connectivity index (χ2v) is 7.12. The Morgan fingerprint density at radius 2 is 1.62 bits per heavy atom. The summed E-state index contributed by atoms with van der Waals surface area (Å²) in [4.78, 5) is 12.1. The van der Waals surface area contributed by atoms with Gasteiger partial charge in [-0.15, -0.1) is 0 Å². The molecule has 1 amide bonds. The Bertz CT molecular complexity index is 772. The van der Waals surface area contributed by atoms with Gasteiger partial charge >= 0.3 is 0 Å². The zero-order valence-corrected chi connectivity index (χ0v) is 16.9. The van der Waals surface area contributed by atoms with Crippen molar-refractivity contribution < 1.29 is 14.3 Å². The molecule has 0 saturated heterocycles. The number of hydrogen-bond acceptors (Lipinski definition) is 4. The van der Waals surface area contributed by atoms with Crippen molar-refractivity contribution >= 4 is 11.6 Å². The molecule has 0 saturated carbocycles. The minimum Gasteiger partial charge on any atom is -0.490 e. The number of allylic oxidation sites excluding steroid dienone is 1. The van der Waals surface area contributed by atoms with Gasteiger partial charge in [0.15, 0.2) is 0 Å². The van der Waals surface area contributed by atoms with E-state index in [1.807, 2.05) is 54.6 Å². The average Bonchev–Trinajstić information content (AvgIpc) is 2.77. The second-order valence-electron chi connectivity index (χ2n) is 7.12. The first kappa shape index (κ1) is 20.9. The third-order valence-electron chi connectivity index (χ3n) is 4.80. The van der Waals surface area contributed by atoms with E-state index >= 15 is 0 Å². The first-order valence-electron chi connectivity index (χ1n) is 10.4. The molecule has 0 spiro atoms. The molecule has 0 aliphatic heterocycles. The Balaban J connectivity index is 1.29. The van der Waals surface area contributed by atoms with E-state index in [0.29, 0.717) is 19.8 Å². The van der Waals surface area contributed by atoms with Crippen molar-refractivity contribution in [3.05, 3.63) is 66.2 Å². The van der Waals surface area contributed by atoms with Crippen LogP contribution < -0.4 is 20.1 Å². The van der Waals surface area contributed by atoms with Gasteiger partial charge in [0.1, 0.15) is 24.7 Å². The highest BCUT2D eigenvalue weighted by atomic mass is 16.5. The predicted molar refractivity (Wildman–Crippen MR) is 117 cm³/mol. The Morgan fingerprint density at radius 1 is 0.897 bits per heavy atom. The van der Waals surface area contributed by atoms with E-state index in [1.54, 1.807) is 0 Å². The van der Waals surface area contributed by atoms with E-state index in [0.717, 1.165) is 30.2 Å². The lowest BCUT2D eigenvalue weighted by atomic mass is 9.97. The monoisotopic (exact) mass is 394 g/mol. The van der Waals surface area contributed by atoms with Crippen LogP contribution in [0.2, 0.25) is 0 Å². The van der Waals surface area contributed by atoms with E-state index in [4.69, 9.17) is 9.47 Å². The quantitative estimate of drug-likeness (QED) is 0.433. The average molecular weight is 395 g/mol. The number of carbonyl (C=O) groups excluding carboxylic acids is 1. The summed E-state index contributed by atoms with van der Waals surface area (Å²) in [5.41, 5.74) is 2.29. The van der Waals surface area contributed by atoms with E-state index < -0.39 is 0 Å². The van der Waals surface area contributed by atoms with Gasteiger partial charge in [-0.25, -0.2) is 0 Å². The van der Waals surface area contributed by atoms with Crippen molar-refractivity contribution in [2.45, 2.75) is 32.1 Å². The molecule has 2 aromatic rings. The molecule has 0 fully saturated rings. The number of nitrogens with one attached hydrogen (secondary N) is 2. The maximum absolute atomic E-state index is 12.1. The van der Waals surface area contributed by atoms with Crippen molar-refractivity contribution in [1.82, 2.24) is 5.32 Å². The fourth-order valence-corrected chi connectivity index (χ4v) is 3.26. The van der Waals surface area contributed by atoms with Crippen LogP contribution in [0.1, 0.15) is 32.1 Å². The van der Waals surface area contributed by atoms with E-state index in [9.17, 15) is 4.79 Å². The minimum absolute atomic E-state index is 0.0347. The number of carbonyl (C=O) groups is 1. The van der Waals surface area contributed by atoms with Gasteiger partial charge < -0.3 is 20.1 Å². The van der Waals surface area contributed by atoms with Crippen molar-refractivity contribution in [2.24, 2.45) is 0 Å². The van der Waals surface area contributed by atoms with Gasteiger partial charge in [-0.2, -0.15) is 0 Å². The fourth-order valence-electron chi connectivity index (χ4n) is 3.26. The zero-order valence-electron chi connectivity index (χ0n) is 16.9. The number of anilines is 1. The van der Waals surface area contributed by atoms with Crippen LogP contribution in [0.3, 0.4) is 0 Å². The third-order valence-corrected chi connectivity index (χ3v) is 4.80. The molecule has 0 atom stereocenters. The van der Waals surface area contributed by atoms with Crippen molar-refractivity contribution in [2.75, 3.05) is 31.6 Å². The van der Waals surface area contributed by atoms with Crippen LogP contribution in [0.25, 0.3) is 0 Å². The normalized spacial score (nSPS) is 13.4. The van der Waals surface area contributed by atoms with Crippen molar-refractivity contribution in [3.63, 3.8) is 0 Å². The van der Waals surface area contributed by atoms with Crippen LogP contribution in [-0.4, -0.2) is 32.2 Å². The summed E-state index contributed by atoms with van der Waals surface area (Å²) in [7, 11) is 0. The summed E-state index contributed by atoms with van der Waals surface area (Å²) < 4.78 is 11.3. The molecule has 0 bridgehead atoms. The van der Waals surface area contributed by atoms with Gasteiger partial charge in [0, 0.05) is 5.69 Å². The number of para-hydroxylation sites is 1. The molecule has 0 unspecified atom stereocenters. The number of amides is 1. The van der Waals surface area contributed by atoms with Gasteiger partial charge in [0.05, 0.1) is 6.54 Å². The maximum atomic E-state index is 12.1. The molecule has 29 heavy (non-hydrogen) atoms. The molecule has 0 aromatic heterocycles. The maximum Gasteiger partial charge on any atom is 0.238 e. The number of hydrogen-bond donors (Lipinski definition) is 2. The van der Waals surface area contributed by atoms with Crippen LogP contribution >= 0.6 is 0 Å². The largest absolute Gasteiger partial charge is 0.490 e. The lowest BCUT2D eigenvalue weighted by Gasteiger charge is -2.13. The van der Waals surface area contributed by atoms with E-state index in [1.165, 1.54) is 31.3 Å². The molecule has 1 aliphatic rings. The zero-order chi connectivity index (χ0) is 20.2. The summed E-state index contributed by atoms with van der Waals surface area (Å²) in [6, 6.07) is 17.0. The van der Waals surface area contributed by atoms with Crippen LogP contribution in [-0.2, 0) is 4.79 Å². The second kappa shape index (κ2) is 11.9. The van der Waals surface area contributed by atoms with E-state index in [2.05, 4.69) is 16.7 Å². The lowest BCUT2D eigenvalue weighted by Crippen LogP contribution is -2.29. The Kier molecular flexibility index (Phi) is 8.60. The fraction of sp³-hybridized carbons (Fsp3) is 0.375. The molecule has 2 aromatic carbocycles. The summed E-state index contributed by atoms with van der Waals surface area (Å²) in [5, 5.41) is 6.12. The van der Waals surface area contributed by atoms with Crippen molar-refractivity contribution in [3.8, 4) is 11.5 Å². The van der Waals surface area contributed by atoms with Crippen LogP contribution in [0, 0.1) is 0 Å². The van der Waals surface area contributed by atoms with Gasteiger partial charge in [-0.1, -0.05) is 29.8 Å². The van der Waals surface area contributed by atoms with Gasteiger partial charge in [-0.3, -0.25) is 4.79 Å². The van der Waals surface area contributed by atoms with Gasteiger partial charge in [-0.05, 0) is 75.0 Å². The van der Waals surface area contributed by atoms with Gasteiger partial charge in [0.25, 0.3) is 0 Å². The summed E-state index contributed by atoms with van der Waals surface area (Å²) in [5.74, 6) is 1.55. The Morgan fingerprint density at radius 3 is 2.31 bits per heavy atom. The summed E-state index contributed by atoms with van der Waals surface area (Å²) >= 11 is 0. The molecule has 1 aliphatic carbocycles. The molecular weight excluding hydrogens is 364 g/mol. The Hall–Kier alpha value is -2.79. The number of rotatable bonds is 11. The van der Waals surface area contributed by atoms with Crippen LogP contribution in [0.15, 0.2) is 66.2 Å². The number of ether oxygens (including phenoxy) is 2. The third kappa shape index (κ3) is 8.00. The standard InChI is InChI=1S/C24H30N2O3/c27-24(19-25-16-15-20-7-3-1-4-8-20)26-21-11-13-23(14-12-21)29-18-17-28-22-9-5-2-6-10-22/h2,5-7,9-14,25H,1,3-4,8,15-19H2,(H,26,27). The lowest BCUT2D eigenvalue weighted by molar-refractivity contribution is -0.115. The van der Waals surface area contributed by atoms with Crippen LogP contribution in [0.5, 0.6) is 11.5 Å². The molecule has 5 heteroatoms. The molecule has 0 radical (unpaired) electrons. The molecular formula is C24H30N2O3. The topological polar surface area (TPSA) is 59.6 Å². The van der Waals surface area contributed by atoms with Gasteiger partial charge in [0.2, 0.25) is 5.91 Å². The predicted octanol–water partition coefficient (Wildman–Crippen LogP) is 4.56. The summed E-state index contributed by atoms with van der Waals surface area (Å²) in [6.45, 7) is 2.10. The highest BCUT2D eigenvalue weighted by Gasteiger charge is 2.05. The van der Waals surface area contributed by atoms with Crippen LogP contribution in [0.4, 0.5) is 5.69 Å². The van der Waals surface area contributed by atoms with Crippen molar-refractivity contribution in [1.29, 1.82) is 0 Å². The first-order valence-corrected chi connectivity index (χ1v) is 10.4. The minimum atomic E-state index is -0.0347. The highest BCUT2D eigenvalue weighted by Crippen LogP contribution is 2.19. The molecule has 5 nitrogen and oxygen atoms in total. The molecule has 2 N–H and O–H groups in total.